The van der Waals surface area contributed by atoms with Crippen LogP contribution < -0.4 is 5.32 Å². The number of benzene rings is 1. The number of amides is 1. The molecule has 0 radical (unpaired) electrons. The molecule has 1 aromatic rings. The fourth-order valence-corrected chi connectivity index (χ4v) is 2.92. The highest BCUT2D eigenvalue weighted by Crippen LogP contribution is 2.26. The van der Waals surface area contributed by atoms with Crippen LogP contribution in [0.15, 0.2) is 24.3 Å². The summed E-state index contributed by atoms with van der Waals surface area (Å²) in [6.07, 6.45) is 6.29. The number of rotatable bonds is 4. The topological polar surface area (TPSA) is 49.3 Å². The fraction of sp³-hybridized carbons (Fsp3) is 0.562. The maximum Gasteiger partial charge on any atom is 0.224 e. The molecule has 1 aliphatic carbocycles. The van der Waals surface area contributed by atoms with E-state index < -0.39 is 0 Å². The number of phenols is 1. The van der Waals surface area contributed by atoms with Gasteiger partial charge >= 0.3 is 0 Å². The molecule has 2 rings (SSSR count). The first kappa shape index (κ1) is 13.9. The number of aromatic hydroxyl groups is 1. The van der Waals surface area contributed by atoms with E-state index in [1.807, 2.05) is 6.07 Å². The lowest BCUT2D eigenvalue weighted by Crippen LogP contribution is -2.39. The van der Waals surface area contributed by atoms with Crippen molar-refractivity contribution in [1.82, 2.24) is 5.32 Å². The first-order chi connectivity index (χ1) is 9.17. The molecule has 104 valence electrons. The molecule has 0 spiro atoms. The van der Waals surface area contributed by atoms with Crippen molar-refractivity contribution in [1.29, 1.82) is 0 Å². The predicted octanol–water partition coefficient (Wildman–Crippen LogP) is 3.02. The van der Waals surface area contributed by atoms with Crippen molar-refractivity contribution in [2.45, 2.75) is 51.5 Å². The van der Waals surface area contributed by atoms with Crippen molar-refractivity contribution in [3.8, 4) is 5.75 Å². The highest BCUT2D eigenvalue weighted by molar-refractivity contribution is 5.79. The van der Waals surface area contributed by atoms with Crippen molar-refractivity contribution in [2.75, 3.05) is 0 Å². The molecule has 0 saturated heterocycles. The molecule has 19 heavy (non-hydrogen) atoms. The van der Waals surface area contributed by atoms with Gasteiger partial charge < -0.3 is 10.4 Å². The van der Waals surface area contributed by atoms with Crippen molar-refractivity contribution in [3.05, 3.63) is 29.8 Å². The molecule has 1 fully saturated rings. The molecule has 2 atom stereocenters. The monoisotopic (exact) mass is 261 g/mol. The summed E-state index contributed by atoms with van der Waals surface area (Å²) in [6, 6.07) is 7.24. The number of carbonyl (C=O) groups is 1. The minimum atomic E-state index is 0.0624. The maximum absolute atomic E-state index is 12.0. The van der Waals surface area contributed by atoms with Gasteiger partial charge in [-0.1, -0.05) is 38.3 Å². The summed E-state index contributed by atoms with van der Waals surface area (Å²) in [7, 11) is 0. The van der Waals surface area contributed by atoms with Gasteiger partial charge in [0.05, 0.1) is 6.42 Å². The molecule has 0 aromatic heterocycles. The molecule has 0 heterocycles. The zero-order chi connectivity index (χ0) is 13.7. The predicted molar refractivity (Wildman–Crippen MR) is 76.0 cm³/mol. The standard InChI is InChI=1S/C16H23NO2/c1-2-12-5-3-7-14(9-12)17-16(19)11-13-6-4-8-15(18)10-13/h4,6,8,10,12,14,18H,2-3,5,7,9,11H2,1H3,(H,17,19). The van der Waals surface area contributed by atoms with Gasteiger partial charge in [-0.25, -0.2) is 0 Å². The first-order valence-electron chi connectivity index (χ1n) is 7.24. The van der Waals surface area contributed by atoms with Gasteiger partial charge in [-0.15, -0.1) is 0 Å². The van der Waals surface area contributed by atoms with E-state index in [0.717, 1.165) is 24.3 Å². The molecule has 0 aliphatic heterocycles. The number of phenolic OH excluding ortho intramolecular Hbond substituents is 1. The average Bonchev–Trinajstić information content (AvgIpc) is 2.38. The summed E-state index contributed by atoms with van der Waals surface area (Å²) < 4.78 is 0. The van der Waals surface area contributed by atoms with Gasteiger partial charge in [-0.3, -0.25) is 4.79 Å². The molecule has 1 aromatic carbocycles. The van der Waals surface area contributed by atoms with Gasteiger partial charge in [0.25, 0.3) is 0 Å². The lowest BCUT2D eigenvalue weighted by molar-refractivity contribution is -0.121. The van der Waals surface area contributed by atoms with Crippen LogP contribution in [-0.2, 0) is 11.2 Å². The minimum Gasteiger partial charge on any atom is -0.508 e. The second-order valence-corrected chi connectivity index (χ2v) is 5.55. The van der Waals surface area contributed by atoms with Gasteiger partial charge in [-0.05, 0) is 36.5 Å². The second kappa shape index (κ2) is 6.60. The fourth-order valence-electron chi connectivity index (χ4n) is 2.92. The van der Waals surface area contributed by atoms with Gasteiger partial charge in [0.15, 0.2) is 0 Å². The van der Waals surface area contributed by atoms with E-state index in [4.69, 9.17) is 0 Å². The Morgan fingerprint density at radius 1 is 1.42 bits per heavy atom. The Kier molecular flexibility index (Phi) is 4.83. The van der Waals surface area contributed by atoms with Gasteiger partial charge in [0, 0.05) is 6.04 Å². The number of nitrogens with one attached hydrogen (secondary N) is 1. The summed E-state index contributed by atoms with van der Waals surface area (Å²) in [5, 5.41) is 12.5. The summed E-state index contributed by atoms with van der Waals surface area (Å²) >= 11 is 0. The molecular formula is C16H23NO2. The van der Waals surface area contributed by atoms with Crippen LogP contribution in [0.25, 0.3) is 0 Å². The van der Waals surface area contributed by atoms with E-state index in [-0.39, 0.29) is 11.7 Å². The van der Waals surface area contributed by atoms with Crippen molar-refractivity contribution < 1.29 is 9.90 Å². The second-order valence-electron chi connectivity index (χ2n) is 5.55. The smallest absolute Gasteiger partial charge is 0.224 e. The lowest BCUT2D eigenvalue weighted by Gasteiger charge is -2.29. The van der Waals surface area contributed by atoms with Crippen LogP contribution in [0.2, 0.25) is 0 Å². The first-order valence-corrected chi connectivity index (χ1v) is 7.24. The molecule has 3 heteroatoms. The van der Waals surface area contributed by atoms with Crippen LogP contribution in [0.4, 0.5) is 0 Å². The van der Waals surface area contributed by atoms with Gasteiger partial charge in [-0.2, -0.15) is 0 Å². The van der Waals surface area contributed by atoms with E-state index in [2.05, 4.69) is 12.2 Å². The Labute approximate surface area is 115 Å². The molecule has 2 unspecified atom stereocenters. The summed E-state index contributed by atoms with van der Waals surface area (Å²) in [6.45, 7) is 2.22. The molecule has 2 N–H and O–H groups in total. The normalized spacial score (nSPS) is 23.0. The Balaban J connectivity index is 1.84. The number of hydrogen-bond donors (Lipinski definition) is 2. The third-order valence-corrected chi connectivity index (χ3v) is 4.00. The average molecular weight is 261 g/mol. The highest BCUT2D eigenvalue weighted by atomic mass is 16.3. The molecular weight excluding hydrogens is 238 g/mol. The van der Waals surface area contributed by atoms with Crippen LogP contribution in [0, 0.1) is 5.92 Å². The summed E-state index contributed by atoms with van der Waals surface area (Å²) in [5.74, 6) is 1.04. The lowest BCUT2D eigenvalue weighted by atomic mass is 9.84. The van der Waals surface area contributed by atoms with E-state index in [1.54, 1.807) is 18.2 Å². The van der Waals surface area contributed by atoms with E-state index in [0.29, 0.717) is 12.5 Å². The quantitative estimate of drug-likeness (QED) is 0.875. The van der Waals surface area contributed by atoms with Gasteiger partial charge in [0.2, 0.25) is 5.91 Å². The third kappa shape index (κ3) is 4.27. The Morgan fingerprint density at radius 3 is 3.00 bits per heavy atom. The van der Waals surface area contributed by atoms with E-state index in [1.165, 1.54) is 19.3 Å². The number of carbonyl (C=O) groups excluding carboxylic acids is 1. The van der Waals surface area contributed by atoms with Crippen LogP contribution in [-0.4, -0.2) is 17.1 Å². The Bertz CT molecular complexity index is 431. The Hall–Kier alpha value is -1.51. The third-order valence-electron chi connectivity index (χ3n) is 4.00. The maximum atomic E-state index is 12.0. The van der Waals surface area contributed by atoms with Crippen LogP contribution >= 0.6 is 0 Å². The largest absolute Gasteiger partial charge is 0.508 e. The summed E-state index contributed by atoms with van der Waals surface area (Å²) in [4.78, 5) is 12.0. The van der Waals surface area contributed by atoms with Gasteiger partial charge in [0.1, 0.15) is 5.75 Å². The summed E-state index contributed by atoms with van der Waals surface area (Å²) in [5.41, 5.74) is 0.861. The zero-order valence-corrected chi connectivity index (χ0v) is 11.6. The van der Waals surface area contributed by atoms with Crippen LogP contribution in [0.3, 0.4) is 0 Å². The van der Waals surface area contributed by atoms with Crippen molar-refractivity contribution in [2.24, 2.45) is 5.92 Å². The SMILES string of the molecule is CCC1CCCC(NC(=O)Cc2cccc(O)c2)C1. The zero-order valence-electron chi connectivity index (χ0n) is 11.6. The minimum absolute atomic E-state index is 0.0624. The highest BCUT2D eigenvalue weighted by Gasteiger charge is 2.21. The van der Waals surface area contributed by atoms with E-state index >= 15 is 0 Å². The van der Waals surface area contributed by atoms with Crippen LogP contribution in [0.5, 0.6) is 5.75 Å². The molecule has 1 aliphatic rings. The Morgan fingerprint density at radius 2 is 2.26 bits per heavy atom. The van der Waals surface area contributed by atoms with Crippen LogP contribution in [0.1, 0.15) is 44.6 Å². The molecule has 3 nitrogen and oxygen atoms in total. The van der Waals surface area contributed by atoms with E-state index in [9.17, 15) is 9.90 Å². The van der Waals surface area contributed by atoms with Crippen molar-refractivity contribution in [3.63, 3.8) is 0 Å². The molecule has 0 bridgehead atoms. The van der Waals surface area contributed by atoms with Crippen molar-refractivity contribution >= 4 is 5.91 Å². The molecule has 1 saturated carbocycles. The number of hydrogen-bond acceptors (Lipinski definition) is 2. The molecule has 1 amide bonds.